The molecular weight excluding hydrogens is 1540 g/mol. The second-order valence-corrected chi connectivity index (χ2v) is 28.3. The summed E-state index contributed by atoms with van der Waals surface area (Å²) in [6.45, 7) is 1.98. The van der Waals surface area contributed by atoms with Gasteiger partial charge in [-0.3, -0.25) is 38.4 Å². The van der Waals surface area contributed by atoms with E-state index in [1.165, 1.54) is 73.9 Å². The number of benzene rings is 7. The number of aromatic hydroxyl groups is 5. The summed E-state index contributed by atoms with van der Waals surface area (Å²) in [7, 11) is 1.19. The minimum absolute atomic E-state index is 0.0362. The predicted octanol–water partition coefficient (Wildman–Crippen LogP) is 11.8. The Morgan fingerprint density at radius 2 is 1.17 bits per heavy atom. The van der Waals surface area contributed by atoms with E-state index in [1.54, 1.807) is 36.7 Å². The number of rotatable bonds is 10. The Balaban J connectivity index is 0.000000446. The standard InChI is InChI=1S/C61H45Cl6N7O15.C15H14N4O/c1-74-43(56(82)73-48(61(87)88)25-7-9-31(75)10-8-25)13-24-5-11-32(12-6-24)89-44-22-26-14-35(51(44)77)34-4-2-3-33-30(23-68-49(33)34)21-42(69-59(85)50(76)29-19-40(66)54(80)41(67)20-29)55(81)70-46(27-15-36(62)52(78)37(63)16-27)57(83)71-45(26)58(84)72-47(60(74)86)28-17-38(64)53(79)39(65)18-28;1-9-6-8-17-14-12(9)18-15(20)11-3-2-7-16-13(11)19(14)10-4-5-10/h2-12,14-20,22-23,42-43,45-48,68,75,77-80H,13,21H2,1H3,(H,69,85)(H,70,81)(H,71,83)(H,72,84)(H,73,82)(H,87,88);2-3,6-8,10H,4-5H2,1H3,(H,18,20). The minimum atomic E-state index is -2.08. The molecule has 10 aromatic rings. The zero-order chi connectivity index (χ0) is 77.7. The molecule has 1 fully saturated rings. The molecule has 3 aromatic heterocycles. The number of phenolic OH excluding ortho intramolecular Hbond substituents is 5. The number of phenols is 5. The summed E-state index contributed by atoms with van der Waals surface area (Å²) in [5, 5.41) is 78.1. The van der Waals surface area contributed by atoms with Crippen molar-refractivity contribution in [3.05, 3.63) is 232 Å². The van der Waals surface area contributed by atoms with Crippen LogP contribution in [0.25, 0.3) is 22.0 Å². The normalized spacial score (nSPS) is 18.0. The first-order valence-corrected chi connectivity index (χ1v) is 35.4. The van der Waals surface area contributed by atoms with E-state index in [0.717, 1.165) is 71.2 Å². The summed E-state index contributed by atoms with van der Waals surface area (Å²) < 4.78 is 6.40. The molecule has 109 heavy (non-hydrogen) atoms. The SMILES string of the molecule is CN1C(=O)C(c2cc(Cl)c(O)c(Cl)c2)NC(=O)C2NC(=O)C(c3cc(Cl)c(O)c(Cl)c3)NC(=O)C(NC(=O)C(=O)c3cc(Cl)c(O)c(Cl)c3)Cc3c[nH]c4c(cccc34)-c3cc2cc(c3O)Oc2ccc(cc2)CC1C(=O)NC(C(=O)O)c1ccc(O)cc1.Cc1ccnc2c1NC(=O)c1cccnc1N2C1CC1. The number of carbonyl (C=O) groups is 9. The van der Waals surface area contributed by atoms with E-state index >= 15 is 19.2 Å². The lowest BCUT2D eigenvalue weighted by atomic mass is 9.94. The number of para-hydroxylation sites is 1. The molecule has 1 aliphatic carbocycles. The van der Waals surface area contributed by atoms with Gasteiger partial charge in [0.1, 0.15) is 47.5 Å². The van der Waals surface area contributed by atoms with Gasteiger partial charge in [0.2, 0.25) is 35.3 Å². The number of hydrogen-bond acceptors (Lipinski definition) is 18. The Morgan fingerprint density at radius 3 is 1.79 bits per heavy atom. The number of H-pyrrole nitrogens is 1. The van der Waals surface area contributed by atoms with Crippen molar-refractivity contribution in [1.29, 1.82) is 0 Å². The largest absolute Gasteiger partial charge is 0.508 e. The number of halogens is 6. The van der Waals surface area contributed by atoms with Gasteiger partial charge in [0.25, 0.3) is 11.8 Å². The van der Waals surface area contributed by atoms with Crippen LogP contribution in [0.5, 0.6) is 40.2 Å². The van der Waals surface area contributed by atoms with Crippen molar-refractivity contribution in [3.63, 3.8) is 0 Å². The Labute approximate surface area is 647 Å². The van der Waals surface area contributed by atoms with Gasteiger partial charge in [-0.25, -0.2) is 14.8 Å². The number of amides is 7. The van der Waals surface area contributed by atoms with Crippen LogP contribution in [0, 0.1) is 6.92 Å². The number of nitrogens with zero attached hydrogens (tertiary/aromatic N) is 4. The lowest BCUT2D eigenvalue weighted by Gasteiger charge is -2.33. The molecule has 6 unspecified atom stereocenters. The van der Waals surface area contributed by atoms with Crippen LogP contribution in [0.4, 0.5) is 17.3 Å². The van der Waals surface area contributed by atoms with E-state index in [1.807, 2.05) is 19.1 Å². The molecule has 6 atom stereocenters. The molecule has 5 aliphatic rings. The van der Waals surface area contributed by atoms with E-state index in [-0.39, 0.29) is 78.6 Å². The number of aliphatic carboxylic acids is 1. The average molecular weight is 1600 g/mol. The van der Waals surface area contributed by atoms with Gasteiger partial charge in [0, 0.05) is 66.6 Å². The Kier molecular flexibility index (Phi) is 21.3. The molecule has 0 saturated heterocycles. The van der Waals surface area contributed by atoms with Gasteiger partial charge in [0.15, 0.2) is 40.6 Å². The van der Waals surface area contributed by atoms with E-state index in [2.05, 4.69) is 51.8 Å². The maximum absolute atomic E-state index is 15.8. The van der Waals surface area contributed by atoms with Crippen LogP contribution in [0.3, 0.4) is 0 Å². The number of pyridine rings is 2. The lowest BCUT2D eigenvalue weighted by Crippen LogP contribution is -2.54. The van der Waals surface area contributed by atoms with Gasteiger partial charge in [-0.15, -0.1) is 0 Å². The molecule has 9 bridgehead atoms. The van der Waals surface area contributed by atoms with Crippen LogP contribution < -0.4 is 41.5 Å². The quantitative estimate of drug-likeness (QED) is 0.0447. The number of anilines is 3. The zero-order valence-corrected chi connectivity index (χ0v) is 61.2. The molecule has 7 aromatic carbocycles. The number of ketones is 1. The molecule has 0 spiro atoms. The molecule has 7 heterocycles. The number of ether oxygens (including phenoxy) is 1. The molecule has 556 valence electrons. The third kappa shape index (κ3) is 15.4. The summed E-state index contributed by atoms with van der Waals surface area (Å²) in [6.07, 6.45) is 6.46. The average Bonchev–Trinajstić information content (AvgIpc) is 1.43. The molecule has 1 saturated carbocycles. The number of aryl methyl sites for hydroxylation is 1. The van der Waals surface area contributed by atoms with Crippen LogP contribution in [-0.4, -0.2) is 129 Å². The molecule has 13 N–H and O–H groups in total. The number of Topliss-reactive ketones (excluding diaryl/α,β-unsaturated/α-hetero) is 1. The fourth-order valence-electron chi connectivity index (χ4n) is 12.9. The third-order valence-electron chi connectivity index (χ3n) is 18.7. The first-order chi connectivity index (χ1) is 52.0. The first-order valence-electron chi connectivity index (χ1n) is 33.1. The van der Waals surface area contributed by atoms with Crippen LogP contribution in [0.2, 0.25) is 30.1 Å². The van der Waals surface area contributed by atoms with Crippen molar-refractivity contribution in [2.45, 2.75) is 74.9 Å². The summed E-state index contributed by atoms with van der Waals surface area (Å²) in [6, 6.07) is 19.2. The summed E-state index contributed by atoms with van der Waals surface area (Å²) in [5.41, 5.74) is 2.64. The molecular formula is C76H59Cl6N11O16. The Morgan fingerprint density at radius 1 is 0.606 bits per heavy atom. The fourth-order valence-corrected chi connectivity index (χ4v) is 14.4. The number of carbonyl (C=O) groups excluding carboxylic acids is 8. The smallest absolute Gasteiger partial charge is 0.330 e. The lowest BCUT2D eigenvalue weighted by molar-refractivity contribution is -0.145. The van der Waals surface area contributed by atoms with E-state index < -0.39 is 133 Å². The maximum Gasteiger partial charge on any atom is 0.330 e. The highest BCUT2D eigenvalue weighted by molar-refractivity contribution is 6.45. The topological polar surface area (TPSA) is 404 Å². The number of aromatic amines is 1. The van der Waals surface area contributed by atoms with Gasteiger partial charge < -0.3 is 82.1 Å². The highest BCUT2D eigenvalue weighted by atomic mass is 35.5. The van der Waals surface area contributed by atoms with Crippen LogP contribution in [0.1, 0.15) is 96.7 Å². The van der Waals surface area contributed by atoms with Crippen LogP contribution >= 0.6 is 69.6 Å². The van der Waals surface area contributed by atoms with Gasteiger partial charge in [-0.2, -0.15) is 0 Å². The van der Waals surface area contributed by atoms with E-state index in [9.17, 15) is 54.6 Å². The summed E-state index contributed by atoms with van der Waals surface area (Å²) in [4.78, 5) is 145. The van der Waals surface area contributed by atoms with Crippen LogP contribution in [-0.2, 0) is 46.4 Å². The van der Waals surface area contributed by atoms with Gasteiger partial charge in [-0.1, -0.05) is 112 Å². The van der Waals surface area contributed by atoms with Crippen LogP contribution in [0.15, 0.2) is 152 Å². The van der Waals surface area contributed by atoms with Crippen molar-refractivity contribution < 1.29 is 78.5 Å². The third-order valence-corrected chi connectivity index (χ3v) is 20.4. The molecule has 33 heteroatoms. The molecule has 7 amide bonds. The van der Waals surface area contributed by atoms with Crippen molar-refractivity contribution in [3.8, 4) is 51.4 Å². The molecule has 15 rings (SSSR count). The van der Waals surface area contributed by atoms with E-state index in [0.29, 0.717) is 39.5 Å². The number of hydrogen-bond donors (Lipinski definition) is 13. The molecule has 27 nitrogen and oxygen atoms in total. The fraction of sp³-hybridized carbons (Fsp3) is 0.171. The number of likely N-dealkylation sites (N-methyl/N-ethyl adjacent to an activating group) is 1. The highest BCUT2D eigenvalue weighted by Gasteiger charge is 2.42. The second-order valence-electron chi connectivity index (χ2n) is 25.8. The van der Waals surface area contributed by atoms with Gasteiger partial charge in [0.05, 0.1) is 46.9 Å². The number of aromatic nitrogens is 3. The highest BCUT2D eigenvalue weighted by Crippen LogP contribution is 2.47. The number of carboxylic acids is 1. The maximum atomic E-state index is 15.8. The second kappa shape index (κ2) is 30.8. The predicted molar refractivity (Wildman–Crippen MR) is 402 cm³/mol. The zero-order valence-electron chi connectivity index (χ0n) is 56.6. The summed E-state index contributed by atoms with van der Waals surface area (Å²) in [5.74, 6) is -11.4. The summed E-state index contributed by atoms with van der Waals surface area (Å²) >= 11 is 38.1. The Hall–Kier alpha value is -11.9. The van der Waals surface area contributed by atoms with Crippen molar-refractivity contribution in [2.24, 2.45) is 0 Å². The Bertz CT molecular complexity index is 5380. The van der Waals surface area contributed by atoms with Gasteiger partial charge in [-0.05, 0) is 150 Å². The molecule has 4 aliphatic heterocycles. The van der Waals surface area contributed by atoms with Crippen molar-refractivity contribution in [1.82, 2.24) is 46.4 Å². The number of nitrogens with one attached hydrogen (secondary N) is 7. The van der Waals surface area contributed by atoms with Crippen molar-refractivity contribution in [2.75, 3.05) is 17.3 Å². The first kappa shape index (κ1) is 75.4. The van der Waals surface area contributed by atoms with E-state index in [4.69, 9.17) is 74.3 Å². The molecule has 0 radical (unpaired) electrons. The monoisotopic (exact) mass is 1590 g/mol. The number of carboxylic acid groups (broad SMARTS) is 1. The number of fused-ring (bicyclic) bond motifs is 12. The van der Waals surface area contributed by atoms with Gasteiger partial charge >= 0.3 is 5.97 Å². The van der Waals surface area contributed by atoms with Crippen molar-refractivity contribution >= 4 is 151 Å². The minimum Gasteiger partial charge on any atom is -0.508 e.